The number of nitrogens with zero attached hydrogens (tertiary/aromatic N) is 1. The van der Waals surface area contributed by atoms with E-state index in [1.54, 1.807) is 32.4 Å². The van der Waals surface area contributed by atoms with E-state index in [4.69, 9.17) is 23.9 Å². The molecule has 0 spiro atoms. The van der Waals surface area contributed by atoms with Crippen molar-refractivity contribution in [1.29, 1.82) is 0 Å². The summed E-state index contributed by atoms with van der Waals surface area (Å²) in [5.74, 6) is -0.366. The first-order valence-corrected chi connectivity index (χ1v) is 13.5. The van der Waals surface area contributed by atoms with E-state index >= 15 is 0 Å². The Kier molecular flexibility index (Phi) is 8.94. The highest BCUT2D eigenvalue weighted by Crippen LogP contribution is 2.48. The summed E-state index contributed by atoms with van der Waals surface area (Å²) in [6.45, 7) is 6.35. The van der Waals surface area contributed by atoms with Crippen LogP contribution in [0, 0.1) is 5.92 Å². The first kappa shape index (κ1) is 28.2. The van der Waals surface area contributed by atoms with Gasteiger partial charge in [-0.05, 0) is 68.0 Å². The van der Waals surface area contributed by atoms with Crippen molar-refractivity contribution in [2.45, 2.75) is 58.3 Å². The monoisotopic (exact) mass is 535 g/mol. The molecule has 0 amide bonds. The molecule has 2 aromatic rings. The molecule has 0 saturated carbocycles. The molecule has 1 aliphatic carbocycles. The number of ketones is 1. The highest BCUT2D eigenvalue weighted by atomic mass is 16.5. The predicted octanol–water partition coefficient (Wildman–Crippen LogP) is 5.73. The molecule has 2 aliphatic rings. The normalized spacial score (nSPS) is 20.7. The molecule has 0 aromatic heterocycles. The third-order valence-electron chi connectivity index (χ3n) is 7.41. The average molecular weight is 536 g/mol. The van der Waals surface area contributed by atoms with Gasteiger partial charge < -0.3 is 24.1 Å². The van der Waals surface area contributed by atoms with Crippen LogP contribution in [0.2, 0.25) is 0 Å². The fourth-order valence-electron chi connectivity index (χ4n) is 5.47. The Labute approximate surface area is 229 Å². The van der Waals surface area contributed by atoms with Gasteiger partial charge in [0.1, 0.15) is 5.92 Å². The minimum absolute atomic E-state index is 0.00145. The molecule has 4 rings (SSSR count). The molecule has 208 valence electrons. The van der Waals surface area contributed by atoms with Crippen LogP contribution in [0.15, 0.2) is 52.7 Å². The third-order valence-corrected chi connectivity index (χ3v) is 7.41. The number of benzene rings is 2. The lowest BCUT2D eigenvalue weighted by molar-refractivity contribution is -0.146. The van der Waals surface area contributed by atoms with Crippen molar-refractivity contribution in [1.82, 2.24) is 0 Å². The lowest BCUT2D eigenvalue weighted by Gasteiger charge is -2.36. The molecular weight excluding hydrogens is 498 g/mol. The number of aromatic hydroxyl groups is 1. The van der Waals surface area contributed by atoms with E-state index < -0.39 is 17.8 Å². The van der Waals surface area contributed by atoms with Gasteiger partial charge in [0.25, 0.3) is 0 Å². The highest BCUT2D eigenvalue weighted by molar-refractivity contribution is 6.09. The lowest BCUT2D eigenvalue weighted by Crippen LogP contribution is -2.38. The number of esters is 1. The van der Waals surface area contributed by atoms with Gasteiger partial charge >= 0.3 is 5.97 Å². The second-order valence-electron chi connectivity index (χ2n) is 9.89. The Morgan fingerprint density at radius 1 is 1.00 bits per heavy atom. The number of unbranched alkanes of at least 4 members (excludes halogenated alkanes) is 1. The van der Waals surface area contributed by atoms with Gasteiger partial charge in [0.15, 0.2) is 28.8 Å². The summed E-state index contributed by atoms with van der Waals surface area (Å²) in [4.78, 5) is 32.1. The quantitative estimate of drug-likeness (QED) is 0.306. The minimum atomic E-state index is -0.749. The van der Waals surface area contributed by atoms with Crippen LogP contribution in [0.4, 0.5) is 0 Å². The number of allylic oxidation sites excluding steroid dienone is 2. The van der Waals surface area contributed by atoms with Crippen LogP contribution in [-0.4, -0.2) is 50.0 Å². The molecule has 0 radical (unpaired) electrons. The number of hydrogen-bond acceptors (Lipinski definition) is 8. The topological polar surface area (TPSA) is 104 Å². The zero-order chi connectivity index (χ0) is 28.1. The van der Waals surface area contributed by atoms with Gasteiger partial charge in [-0.1, -0.05) is 25.5 Å². The van der Waals surface area contributed by atoms with Crippen LogP contribution < -0.4 is 14.2 Å². The van der Waals surface area contributed by atoms with Gasteiger partial charge in [0.05, 0.1) is 27.4 Å². The molecule has 1 heterocycles. The van der Waals surface area contributed by atoms with Crippen molar-refractivity contribution in [2.24, 2.45) is 10.9 Å². The molecule has 2 aromatic carbocycles. The Morgan fingerprint density at radius 3 is 2.41 bits per heavy atom. The zero-order valence-corrected chi connectivity index (χ0v) is 23.3. The fraction of sp³-hybridized carbons (Fsp3) is 0.452. The molecule has 39 heavy (non-hydrogen) atoms. The number of phenols is 1. The van der Waals surface area contributed by atoms with E-state index in [1.807, 2.05) is 39.0 Å². The number of rotatable bonds is 10. The van der Waals surface area contributed by atoms with E-state index in [2.05, 4.69) is 0 Å². The second-order valence-corrected chi connectivity index (χ2v) is 9.89. The number of ether oxygens (including phenoxy) is 4. The van der Waals surface area contributed by atoms with Crippen LogP contribution in [0.1, 0.15) is 69.4 Å². The van der Waals surface area contributed by atoms with Crippen LogP contribution in [0.5, 0.6) is 23.0 Å². The van der Waals surface area contributed by atoms with Gasteiger partial charge in [0, 0.05) is 29.3 Å². The Hall–Kier alpha value is -3.81. The maximum atomic E-state index is 13.9. The van der Waals surface area contributed by atoms with Gasteiger partial charge in [-0.2, -0.15) is 0 Å². The molecule has 0 saturated heterocycles. The largest absolute Gasteiger partial charge is 0.504 e. The molecule has 1 unspecified atom stereocenters. The first-order valence-electron chi connectivity index (χ1n) is 13.5. The summed E-state index contributed by atoms with van der Waals surface area (Å²) in [7, 11) is 3.17. The van der Waals surface area contributed by atoms with Crippen LogP contribution in [-0.2, 0) is 14.3 Å². The van der Waals surface area contributed by atoms with E-state index in [0.29, 0.717) is 59.4 Å². The highest BCUT2D eigenvalue weighted by Gasteiger charge is 2.45. The fourth-order valence-corrected chi connectivity index (χ4v) is 5.47. The summed E-state index contributed by atoms with van der Waals surface area (Å²) in [6.07, 6.45) is 2.47. The number of hydrogen-bond donors (Lipinski definition) is 1. The van der Waals surface area contributed by atoms with Crippen LogP contribution in [0.25, 0.3) is 0 Å². The number of carbonyl (C=O) groups is 2. The summed E-state index contributed by atoms with van der Waals surface area (Å²) in [5.41, 5.74) is 3.47. The predicted molar refractivity (Wildman–Crippen MR) is 148 cm³/mol. The SMILES string of the molecule is CCCCOC(=O)C1C(C)=NC2=C(C(=O)C[C@@H](c3ccc(OC)c(OC)c3)C2)[C@@H]1c1ccc(O)c(OCC)c1. The number of phenolic OH excluding ortho intramolecular Hbond substituents is 1. The van der Waals surface area contributed by atoms with E-state index in [0.717, 1.165) is 18.4 Å². The molecule has 1 N–H and O–H groups in total. The molecular formula is C31H37NO7. The Morgan fingerprint density at radius 2 is 1.72 bits per heavy atom. The van der Waals surface area contributed by atoms with Gasteiger partial charge in [0.2, 0.25) is 0 Å². The van der Waals surface area contributed by atoms with Crippen molar-refractivity contribution in [3.63, 3.8) is 0 Å². The molecule has 3 atom stereocenters. The maximum absolute atomic E-state index is 13.9. The van der Waals surface area contributed by atoms with Crippen LogP contribution in [0.3, 0.4) is 0 Å². The van der Waals surface area contributed by atoms with E-state index in [-0.39, 0.29) is 23.9 Å². The zero-order valence-electron chi connectivity index (χ0n) is 23.3. The standard InChI is InChI=1S/C31H37NO7/c1-6-8-13-39-31(35)28-18(3)32-22-14-21(19-10-12-25(36-4)27(16-19)37-5)15-24(34)30(22)29(28)20-9-11-23(33)26(17-20)38-7-2/h9-12,16-17,21,28-29,33H,6-8,13-15H2,1-5H3/t21-,28?,29+/m0/s1. The number of carbonyl (C=O) groups excluding carboxylic acids is 2. The summed E-state index contributed by atoms with van der Waals surface area (Å²) >= 11 is 0. The third kappa shape index (κ3) is 5.79. The van der Waals surface area contributed by atoms with E-state index in [1.165, 1.54) is 0 Å². The Balaban J connectivity index is 1.77. The summed E-state index contributed by atoms with van der Waals surface area (Å²) < 4.78 is 22.1. The summed E-state index contributed by atoms with van der Waals surface area (Å²) in [5, 5.41) is 10.3. The van der Waals surface area contributed by atoms with Gasteiger partial charge in [-0.25, -0.2) is 0 Å². The van der Waals surface area contributed by atoms with Gasteiger partial charge in [-0.3, -0.25) is 14.6 Å². The lowest BCUT2D eigenvalue weighted by atomic mass is 9.69. The van der Waals surface area contributed by atoms with Crippen molar-refractivity contribution >= 4 is 17.5 Å². The first-order chi connectivity index (χ1) is 18.8. The second kappa shape index (κ2) is 12.4. The molecule has 0 fully saturated rings. The number of Topliss-reactive ketones (excluding diaryl/α,β-unsaturated/α-hetero) is 1. The van der Waals surface area contributed by atoms with Gasteiger partial charge in [-0.15, -0.1) is 0 Å². The van der Waals surface area contributed by atoms with Crippen molar-refractivity contribution in [2.75, 3.05) is 27.4 Å². The number of methoxy groups -OCH3 is 2. The average Bonchev–Trinajstić information content (AvgIpc) is 2.93. The molecule has 8 nitrogen and oxygen atoms in total. The maximum Gasteiger partial charge on any atom is 0.315 e. The summed E-state index contributed by atoms with van der Waals surface area (Å²) in [6, 6.07) is 10.7. The Bertz CT molecular complexity index is 1300. The van der Waals surface area contributed by atoms with E-state index in [9.17, 15) is 14.7 Å². The smallest absolute Gasteiger partial charge is 0.315 e. The molecule has 8 heteroatoms. The number of aliphatic imine (C=N–C) groups is 1. The minimum Gasteiger partial charge on any atom is -0.504 e. The van der Waals surface area contributed by atoms with Crippen molar-refractivity contribution in [3.05, 3.63) is 58.8 Å². The van der Waals surface area contributed by atoms with Crippen molar-refractivity contribution in [3.8, 4) is 23.0 Å². The molecule has 0 bridgehead atoms. The van der Waals surface area contributed by atoms with Crippen molar-refractivity contribution < 1.29 is 33.6 Å². The molecule has 1 aliphatic heterocycles. The van der Waals surface area contributed by atoms with Crippen LogP contribution >= 0.6 is 0 Å².